The predicted octanol–water partition coefficient (Wildman–Crippen LogP) is 11.4. The van der Waals surface area contributed by atoms with Gasteiger partial charge in [-0.25, -0.2) is 0 Å². The molecule has 0 amide bonds. The summed E-state index contributed by atoms with van der Waals surface area (Å²) in [7, 11) is 0. The highest BCUT2D eigenvalue weighted by molar-refractivity contribution is 5.90. The maximum Gasteiger partial charge on any atom is 0.311 e. The highest BCUT2D eigenvalue weighted by Crippen LogP contribution is 2.24. The Morgan fingerprint density at radius 3 is 1.20 bits per heavy atom. The maximum atomic E-state index is 12.5. The van der Waals surface area contributed by atoms with E-state index in [1.54, 1.807) is 60.7 Å². The largest absolute Gasteiger partial charge is 0.494 e. The Bertz CT molecular complexity index is 1790. The van der Waals surface area contributed by atoms with Gasteiger partial charge in [-0.15, -0.1) is 0 Å². The van der Waals surface area contributed by atoms with Crippen molar-refractivity contribution in [3.63, 3.8) is 0 Å². The van der Waals surface area contributed by atoms with Crippen LogP contribution in [0, 0.1) is 22.7 Å². The summed E-state index contributed by atoms with van der Waals surface area (Å²) in [4.78, 5) is 24.9. The molecule has 55 heavy (non-hydrogen) atoms. The average Bonchev–Trinajstić information content (AvgIpc) is 3.20. The molecule has 4 rings (SSSR count). The highest BCUT2D eigenvalue weighted by Gasteiger charge is 2.11. The molecule has 0 aliphatic heterocycles. The Morgan fingerprint density at radius 2 is 0.855 bits per heavy atom. The minimum absolute atomic E-state index is 0.0422. The summed E-state index contributed by atoms with van der Waals surface area (Å²) in [6.45, 7) is 5.72. The van der Waals surface area contributed by atoms with E-state index in [4.69, 9.17) is 18.9 Å². The highest BCUT2D eigenvalue weighted by atomic mass is 16.5. The number of hydrogen-bond donors (Lipinski definition) is 0. The van der Waals surface area contributed by atoms with Crippen molar-refractivity contribution < 1.29 is 28.5 Å². The summed E-state index contributed by atoms with van der Waals surface area (Å²) in [5.74, 6) is 1.38. The molecule has 0 radical (unpaired) electrons. The van der Waals surface area contributed by atoms with Crippen LogP contribution in [-0.2, 0) is 9.59 Å². The topological polar surface area (TPSA) is 119 Å². The number of allylic oxidation sites excluding steroid dienone is 2. The van der Waals surface area contributed by atoms with E-state index in [0.29, 0.717) is 35.9 Å². The summed E-state index contributed by atoms with van der Waals surface area (Å²) in [5, 5.41) is 19.5. The second kappa shape index (κ2) is 23.5. The molecule has 0 aliphatic rings. The molecule has 0 unspecified atom stereocenters. The molecule has 0 fully saturated rings. The number of esters is 2. The lowest BCUT2D eigenvalue weighted by Gasteiger charge is -2.08. The van der Waals surface area contributed by atoms with E-state index in [0.717, 1.165) is 59.4 Å². The van der Waals surface area contributed by atoms with Crippen LogP contribution in [0.25, 0.3) is 23.3 Å². The van der Waals surface area contributed by atoms with Crippen molar-refractivity contribution in [2.24, 2.45) is 0 Å². The lowest BCUT2D eigenvalue weighted by molar-refractivity contribution is -0.136. The van der Waals surface area contributed by atoms with Gasteiger partial charge in [-0.05, 0) is 126 Å². The summed E-state index contributed by atoms with van der Waals surface area (Å²) >= 11 is 0. The molecule has 4 aromatic carbocycles. The van der Waals surface area contributed by atoms with Crippen LogP contribution >= 0.6 is 0 Å². The third-order valence-electron chi connectivity index (χ3n) is 8.71. The van der Waals surface area contributed by atoms with Gasteiger partial charge in [0.05, 0.1) is 36.5 Å². The molecule has 0 aromatic heterocycles. The van der Waals surface area contributed by atoms with Gasteiger partial charge in [-0.2, -0.15) is 10.5 Å². The molecule has 0 atom stereocenters. The number of rotatable bonds is 22. The first-order valence-corrected chi connectivity index (χ1v) is 19.2. The van der Waals surface area contributed by atoms with Crippen molar-refractivity contribution in [3.8, 4) is 35.1 Å². The number of hydrogen-bond acceptors (Lipinski definition) is 8. The molecule has 0 saturated carbocycles. The number of nitrogens with zero attached hydrogens (tertiary/aromatic N) is 2. The van der Waals surface area contributed by atoms with Crippen LogP contribution < -0.4 is 18.9 Å². The average molecular weight is 739 g/mol. The third-order valence-corrected chi connectivity index (χ3v) is 8.71. The first-order valence-electron chi connectivity index (χ1n) is 19.2. The quantitative estimate of drug-likeness (QED) is 0.0257. The second-order valence-corrected chi connectivity index (χ2v) is 13.1. The van der Waals surface area contributed by atoms with Gasteiger partial charge in [0.25, 0.3) is 0 Å². The first-order chi connectivity index (χ1) is 26.9. The van der Waals surface area contributed by atoms with E-state index in [1.807, 2.05) is 48.5 Å². The van der Waals surface area contributed by atoms with E-state index in [9.17, 15) is 20.1 Å². The van der Waals surface area contributed by atoms with Gasteiger partial charge < -0.3 is 18.9 Å². The Morgan fingerprint density at radius 1 is 0.491 bits per heavy atom. The fourth-order valence-corrected chi connectivity index (χ4v) is 5.60. The van der Waals surface area contributed by atoms with Crippen LogP contribution in [0.15, 0.2) is 97.1 Å². The first kappa shape index (κ1) is 41.6. The molecule has 4 aromatic rings. The SMILES string of the molecule is CCCCCCOc1ccc(/C(C#N)=C/c2ccc(OC(=O)CCCC(=O)Oc3ccc(/C=C(/C#N)c4ccc(OCCCCCC)cc4)cc3)cc2)cc1. The fourth-order valence-electron chi connectivity index (χ4n) is 5.60. The van der Waals surface area contributed by atoms with E-state index >= 15 is 0 Å². The zero-order chi connectivity index (χ0) is 39.1. The molecule has 0 aliphatic carbocycles. The minimum Gasteiger partial charge on any atom is -0.494 e. The molecular weight excluding hydrogens is 689 g/mol. The van der Waals surface area contributed by atoms with Crippen LogP contribution in [0.3, 0.4) is 0 Å². The zero-order valence-electron chi connectivity index (χ0n) is 31.9. The van der Waals surface area contributed by atoms with Crippen molar-refractivity contribution in [1.29, 1.82) is 10.5 Å². The van der Waals surface area contributed by atoms with Crippen LogP contribution in [0.4, 0.5) is 0 Å². The molecule has 284 valence electrons. The van der Waals surface area contributed by atoms with Gasteiger partial charge in [0.1, 0.15) is 23.0 Å². The Hall–Kier alpha value is -6.12. The van der Waals surface area contributed by atoms with Gasteiger partial charge in [0.2, 0.25) is 0 Å². The number of carbonyl (C=O) groups is 2. The lowest BCUT2D eigenvalue weighted by atomic mass is 10.0. The van der Waals surface area contributed by atoms with Crippen LogP contribution in [0.2, 0.25) is 0 Å². The smallest absolute Gasteiger partial charge is 0.311 e. The molecule has 0 N–H and O–H groups in total. The predicted molar refractivity (Wildman–Crippen MR) is 217 cm³/mol. The van der Waals surface area contributed by atoms with E-state index in [1.165, 1.54) is 25.7 Å². The normalized spacial score (nSPS) is 11.3. The van der Waals surface area contributed by atoms with Crippen molar-refractivity contribution >= 4 is 35.2 Å². The number of benzene rings is 4. The molecule has 8 nitrogen and oxygen atoms in total. The molecule has 0 heterocycles. The Balaban J connectivity index is 1.18. The Kier molecular flexibility index (Phi) is 17.8. The van der Waals surface area contributed by atoms with Crippen LogP contribution in [-0.4, -0.2) is 25.2 Å². The number of carbonyl (C=O) groups excluding carboxylic acids is 2. The van der Waals surface area contributed by atoms with Crippen molar-refractivity contribution in [1.82, 2.24) is 0 Å². The van der Waals surface area contributed by atoms with Crippen molar-refractivity contribution in [3.05, 3.63) is 119 Å². The molecule has 0 saturated heterocycles. The van der Waals surface area contributed by atoms with E-state index in [2.05, 4.69) is 26.0 Å². The molecule has 8 heteroatoms. The van der Waals surface area contributed by atoms with Gasteiger partial charge >= 0.3 is 11.9 Å². The lowest BCUT2D eigenvalue weighted by Crippen LogP contribution is -2.11. The fraction of sp³-hybridized carbons (Fsp3) is 0.319. The third kappa shape index (κ3) is 15.0. The molecule has 0 bridgehead atoms. The van der Waals surface area contributed by atoms with E-state index < -0.39 is 11.9 Å². The monoisotopic (exact) mass is 738 g/mol. The minimum atomic E-state index is -0.463. The summed E-state index contributed by atoms with van der Waals surface area (Å²) < 4.78 is 22.5. The van der Waals surface area contributed by atoms with Gasteiger partial charge in [-0.1, -0.05) is 76.6 Å². The number of unbranched alkanes of at least 4 members (excludes halogenated alkanes) is 6. The van der Waals surface area contributed by atoms with Crippen molar-refractivity contribution in [2.75, 3.05) is 13.2 Å². The second-order valence-electron chi connectivity index (χ2n) is 13.1. The van der Waals surface area contributed by atoms with Gasteiger partial charge in [0, 0.05) is 12.8 Å². The molecular formula is C47H50N2O6. The standard InChI is InChI=1S/C47H50N2O6/c1-3-5-7-9-30-52-42-26-18-38(19-27-42)40(34-48)32-36-14-22-44(23-15-36)54-46(50)12-11-13-47(51)55-45-24-16-37(17-25-45)33-41(35-49)39-20-28-43(29-21-39)53-31-10-8-6-4-2/h14-29,32-33H,3-13,30-31H2,1-2H3/b40-32-,41-33+. The number of nitriles is 2. The summed E-state index contributed by atoms with van der Waals surface area (Å²) in [5.41, 5.74) is 4.14. The van der Waals surface area contributed by atoms with E-state index in [-0.39, 0.29) is 19.3 Å². The Labute approximate surface area is 325 Å². The van der Waals surface area contributed by atoms with Crippen LogP contribution in [0.1, 0.15) is 107 Å². The zero-order valence-corrected chi connectivity index (χ0v) is 31.9. The summed E-state index contributed by atoms with van der Waals surface area (Å²) in [6.07, 6.45) is 13.0. The van der Waals surface area contributed by atoms with Crippen LogP contribution in [0.5, 0.6) is 23.0 Å². The summed E-state index contributed by atoms with van der Waals surface area (Å²) in [6, 6.07) is 33.3. The van der Waals surface area contributed by atoms with Gasteiger partial charge in [0.15, 0.2) is 0 Å². The maximum absolute atomic E-state index is 12.5. The molecule has 0 spiro atoms. The number of ether oxygens (including phenoxy) is 4. The van der Waals surface area contributed by atoms with Crippen molar-refractivity contribution in [2.45, 2.75) is 84.5 Å². The van der Waals surface area contributed by atoms with Gasteiger partial charge in [-0.3, -0.25) is 9.59 Å².